The van der Waals surface area contributed by atoms with Gasteiger partial charge >= 0.3 is 0 Å². The molecule has 0 rings (SSSR count). The molecule has 0 heterocycles. The Hall–Kier alpha value is 0.868. The fourth-order valence-electron chi connectivity index (χ4n) is 0.375. The summed E-state index contributed by atoms with van der Waals surface area (Å²) >= 11 is 0. The topological polar surface area (TPSA) is 0 Å². The summed E-state index contributed by atoms with van der Waals surface area (Å²) in [5, 5.41) is 0. The minimum Gasteiger partial charge on any atom is -0.0761 e. The Bertz CT molecular complexity index is 64.9. The second-order valence-corrected chi connectivity index (χ2v) is 23.6. The molecule has 0 aromatic rings. The summed E-state index contributed by atoms with van der Waals surface area (Å²) in [6, 6.07) is 0. The van der Waals surface area contributed by atoms with E-state index in [9.17, 15) is 0 Å². The minimum atomic E-state index is -0.733. The summed E-state index contributed by atoms with van der Waals surface area (Å²) in [5.41, 5.74) is 0. The second-order valence-electron chi connectivity index (χ2n) is 2.88. The SMILES string of the molecule is C[Si][Si]([Si])[Si](C)(C)C. The van der Waals surface area contributed by atoms with Gasteiger partial charge in [-0.15, -0.1) is 0 Å². The summed E-state index contributed by atoms with van der Waals surface area (Å²) in [4.78, 5) is 0. The average molecular weight is 172 g/mol. The molecule has 0 atom stereocenters. The lowest BCUT2D eigenvalue weighted by molar-refractivity contribution is 1.86. The van der Waals surface area contributed by atoms with E-state index in [1.54, 1.807) is 0 Å². The van der Waals surface area contributed by atoms with Crippen LogP contribution in [0.1, 0.15) is 0 Å². The Morgan fingerprint density at radius 1 is 1.38 bits per heavy atom. The summed E-state index contributed by atoms with van der Waals surface area (Å²) in [7, 11) is 4.18. The maximum Gasteiger partial charge on any atom is 0.0292 e. The Morgan fingerprint density at radius 3 is 1.75 bits per heavy atom. The normalized spacial score (nSPS) is 12.8. The first kappa shape index (κ1) is 8.87. The molecule has 0 saturated heterocycles. The van der Waals surface area contributed by atoms with Crippen molar-refractivity contribution in [1.29, 1.82) is 0 Å². The monoisotopic (exact) mass is 172 g/mol. The molecule has 0 aliphatic heterocycles. The van der Waals surface area contributed by atoms with Gasteiger partial charge in [-0.3, -0.25) is 0 Å². The fraction of sp³-hybridized carbons (Fsp3) is 1.00. The van der Waals surface area contributed by atoms with Crippen LogP contribution in [0, 0.1) is 0 Å². The summed E-state index contributed by atoms with van der Waals surface area (Å²) in [6.07, 6.45) is 0. The molecular formula is C4H12Si4. The van der Waals surface area contributed by atoms with Gasteiger partial charge in [0, 0.05) is 33.7 Å². The van der Waals surface area contributed by atoms with E-state index in [1.807, 2.05) is 0 Å². The van der Waals surface area contributed by atoms with Crippen molar-refractivity contribution in [1.82, 2.24) is 0 Å². The highest BCUT2D eigenvalue weighted by Gasteiger charge is 2.21. The van der Waals surface area contributed by atoms with Crippen LogP contribution >= 0.6 is 0 Å². The molecule has 0 aromatic heterocycles. The third kappa shape index (κ3) is 3.01. The highest BCUT2D eigenvalue weighted by Crippen LogP contribution is 2.01. The number of hydrogen-bond acceptors (Lipinski definition) is 0. The van der Waals surface area contributed by atoms with Crippen LogP contribution < -0.4 is 0 Å². The van der Waals surface area contributed by atoms with Gasteiger partial charge in [0.1, 0.15) is 0 Å². The van der Waals surface area contributed by atoms with Gasteiger partial charge in [0.2, 0.25) is 0 Å². The highest BCUT2D eigenvalue weighted by atomic mass is 29.9. The van der Waals surface area contributed by atoms with Crippen molar-refractivity contribution in [2.45, 2.75) is 26.2 Å². The van der Waals surface area contributed by atoms with Crippen molar-refractivity contribution >= 4 is 33.7 Å². The Balaban J connectivity index is 3.62. The van der Waals surface area contributed by atoms with Crippen LogP contribution in [0.2, 0.25) is 26.2 Å². The van der Waals surface area contributed by atoms with E-state index in [4.69, 9.17) is 0 Å². The van der Waals surface area contributed by atoms with Gasteiger partial charge < -0.3 is 0 Å². The highest BCUT2D eigenvalue weighted by molar-refractivity contribution is 7.65. The van der Waals surface area contributed by atoms with Crippen molar-refractivity contribution < 1.29 is 0 Å². The largest absolute Gasteiger partial charge is 0.0761 e. The molecule has 6 radical (unpaired) electrons. The second kappa shape index (κ2) is 3.14. The molecule has 0 N–H and O–H groups in total. The number of hydrogen-bond donors (Lipinski definition) is 0. The molecule has 0 aliphatic rings. The molecule has 0 bridgehead atoms. The predicted molar refractivity (Wildman–Crippen MR) is 46.5 cm³/mol. The molecule has 0 fully saturated rings. The predicted octanol–water partition coefficient (Wildman–Crippen LogP) is 0.812. The quantitative estimate of drug-likeness (QED) is 0.541. The van der Waals surface area contributed by atoms with Crippen molar-refractivity contribution in [3.8, 4) is 0 Å². The molecule has 8 heavy (non-hydrogen) atoms. The first-order valence-electron chi connectivity index (χ1n) is 2.75. The van der Waals surface area contributed by atoms with Gasteiger partial charge in [-0.05, 0) is 0 Å². The maximum atomic E-state index is 3.82. The van der Waals surface area contributed by atoms with Crippen LogP contribution in [-0.4, -0.2) is 33.7 Å². The van der Waals surface area contributed by atoms with Crippen molar-refractivity contribution in [3.05, 3.63) is 0 Å². The summed E-state index contributed by atoms with van der Waals surface area (Å²) < 4.78 is 0. The molecule has 0 unspecified atom stereocenters. The average Bonchev–Trinajstić information content (AvgIpc) is 1.62. The lowest BCUT2D eigenvalue weighted by atomic mass is 11.8. The first-order chi connectivity index (χ1) is 3.48. The Kier molecular flexibility index (Phi) is 3.48. The van der Waals surface area contributed by atoms with Crippen LogP contribution in [-0.2, 0) is 0 Å². The van der Waals surface area contributed by atoms with Gasteiger partial charge in [0.15, 0.2) is 0 Å². The van der Waals surface area contributed by atoms with Gasteiger partial charge in [-0.2, -0.15) is 0 Å². The third-order valence-electron chi connectivity index (χ3n) is 1.00. The summed E-state index contributed by atoms with van der Waals surface area (Å²) in [5.74, 6) is 0. The van der Waals surface area contributed by atoms with Gasteiger partial charge in [0.05, 0.1) is 0 Å². The molecule has 0 amide bonds. The van der Waals surface area contributed by atoms with Crippen LogP contribution in [0.4, 0.5) is 0 Å². The molecule has 0 aromatic carbocycles. The van der Waals surface area contributed by atoms with Gasteiger partial charge in [-0.25, -0.2) is 0 Å². The van der Waals surface area contributed by atoms with Crippen LogP contribution in [0.3, 0.4) is 0 Å². The van der Waals surface area contributed by atoms with Crippen molar-refractivity contribution in [2.75, 3.05) is 0 Å². The smallest absolute Gasteiger partial charge is 0.0292 e. The van der Waals surface area contributed by atoms with E-state index in [-0.39, 0.29) is 7.35 Å². The van der Waals surface area contributed by atoms with E-state index in [0.717, 1.165) is 9.04 Å². The van der Waals surface area contributed by atoms with Crippen molar-refractivity contribution in [3.63, 3.8) is 0 Å². The standard InChI is InChI=1S/C4H12Si4/c1-6-7(5)8(2,3)4/h1-4H3. The Morgan fingerprint density at radius 2 is 1.75 bits per heavy atom. The molecule has 0 spiro atoms. The van der Waals surface area contributed by atoms with Gasteiger partial charge in [0.25, 0.3) is 0 Å². The third-order valence-corrected chi connectivity index (χ3v) is 27.0. The van der Waals surface area contributed by atoms with E-state index in [2.05, 4.69) is 35.9 Å². The lowest BCUT2D eigenvalue weighted by Crippen LogP contribution is -2.47. The zero-order chi connectivity index (χ0) is 6.78. The molecule has 0 saturated carbocycles. The van der Waals surface area contributed by atoms with Crippen LogP contribution in [0.5, 0.6) is 0 Å². The Labute approximate surface area is 60.3 Å². The van der Waals surface area contributed by atoms with Crippen LogP contribution in [0.25, 0.3) is 0 Å². The number of rotatable bonds is 2. The molecule has 44 valence electrons. The van der Waals surface area contributed by atoms with E-state index < -0.39 is 7.59 Å². The zero-order valence-corrected chi connectivity index (χ0v) is 10.0. The molecule has 0 aliphatic carbocycles. The molecule has 0 nitrogen and oxygen atoms in total. The summed E-state index contributed by atoms with van der Waals surface area (Å²) in [6.45, 7) is 9.61. The zero-order valence-electron chi connectivity index (χ0n) is 6.00. The van der Waals surface area contributed by atoms with E-state index in [0.29, 0.717) is 0 Å². The van der Waals surface area contributed by atoms with E-state index >= 15 is 0 Å². The van der Waals surface area contributed by atoms with Gasteiger partial charge in [-0.1, -0.05) is 26.2 Å². The van der Waals surface area contributed by atoms with E-state index in [1.165, 1.54) is 0 Å². The fourth-order valence-corrected chi connectivity index (χ4v) is 10.1. The molecule has 4 heteroatoms. The van der Waals surface area contributed by atoms with Crippen LogP contribution in [0.15, 0.2) is 0 Å². The van der Waals surface area contributed by atoms with Crippen molar-refractivity contribution in [2.24, 2.45) is 0 Å². The first-order valence-corrected chi connectivity index (χ1v) is 12.8. The lowest BCUT2D eigenvalue weighted by Gasteiger charge is -2.21. The minimum absolute atomic E-state index is 0.0723. The molecular weight excluding hydrogens is 160 g/mol. The maximum absolute atomic E-state index is 3.82.